The van der Waals surface area contributed by atoms with E-state index in [1.54, 1.807) is 13.2 Å². The third-order valence-corrected chi connectivity index (χ3v) is 2.36. The summed E-state index contributed by atoms with van der Waals surface area (Å²) in [5, 5.41) is 14.9. The molecule has 16 heavy (non-hydrogen) atoms. The number of hydrogen-bond acceptors (Lipinski definition) is 4. The normalized spacial score (nSPS) is 9.94. The molecule has 0 saturated heterocycles. The molecule has 0 aliphatic rings. The summed E-state index contributed by atoms with van der Waals surface area (Å²) in [7, 11) is 1.59. The Morgan fingerprint density at radius 1 is 1.38 bits per heavy atom. The molecule has 0 atom stereocenters. The Labute approximate surface area is 103 Å². The molecule has 0 unspecified atom stereocenters. The van der Waals surface area contributed by atoms with Gasteiger partial charge in [0.1, 0.15) is 0 Å². The summed E-state index contributed by atoms with van der Waals surface area (Å²) in [6.07, 6.45) is 0. The second-order valence-electron chi connectivity index (χ2n) is 3.22. The molecule has 1 rings (SSSR count). The average Bonchev–Trinajstić information content (AvgIpc) is 2.17. The maximum Gasteiger partial charge on any atom is 0.221 e. The molecule has 0 amide bonds. The van der Waals surface area contributed by atoms with Crippen molar-refractivity contribution in [3.05, 3.63) is 33.8 Å². The summed E-state index contributed by atoms with van der Waals surface area (Å²) in [6.45, 7) is 1.89. The van der Waals surface area contributed by atoms with Crippen molar-refractivity contribution in [1.29, 1.82) is 10.8 Å². The molecule has 0 aliphatic carbocycles. The van der Waals surface area contributed by atoms with Crippen molar-refractivity contribution in [3.8, 4) is 0 Å². The van der Waals surface area contributed by atoms with E-state index in [2.05, 4.69) is 15.9 Å². The van der Waals surface area contributed by atoms with Crippen molar-refractivity contribution in [2.75, 3.05) is 7.11 Å². The van der Waals surface area contributed by atoms with Gasteiger partial charge < -0.3 is 9.47 Å². The van der Waals surface area contributed by atoms with Crippen LogP contribution in [-0.4, -0.2) is 18.9 Å². The molecule has 0 fully saturated rings. The molecule has 0 saturated carbocycles. The standard InChI is InChI=1S/C11H13BrN2O2/c1-7(13)16-11(14)10-4-3-9(12)5-8(10)6-15-2/h3-5,13-14H,6H2,1-2H3. The summed E-state index contributed by atoms with van der Waals surface area (Å²) in [6, 6.07) is 5.46. The number of halogens is 1. The van der Waals surface area contributed by atoms with Crippen LogP contribution in [0.1, 0.15) is 18.1 Å². The third-order valence-electron chi connectivity index (χ3n) is 1.87. The maximum atomic E-state index is 7.72. The summed E-state index contributed by atoms with van der Waals surface area (Å²) in [5.41, 5.74) is 1.49. The molecule has 1 aromatic rings. The number of nitrogens with one attached hydrogen (secondary N) is 2. The summed E-state index contributed by atoms with van der Waals surface area (Å²) < 4.78 is 10.9. The van der Waals surface area contributed by atoms with Gasteiger partial charge in [0.15, 0.2) is 5.90 Å². The second-order valence-corrected chi connectivity index (χ2v) is 4.14. The van der Waals surface area contributed by atoms with E-state index in [1.165, 1.54) is 6.92 Å². The van der Waals surface area contributed by atoms with Crippen LogP contribution in [0, 0.1) is 10.8 Å². The van der Waals surface area contributed by atoms with Crippen LogP contribution in [0.25, 0.3) is 0 Å². The Morgan fingerprint density at radius 3 is 2.62 bits per heavy atom. The Hall–Kier alpha value is -1.20. The number of hydrogen-bond donors (Lipinski definition) is 2. The fourth-order valence-electron chi connectivity index (χ4n) is 1.27. The molecule has 5 heteroatoms. The fourth-order valence-corrected chi connectivity index (χ4v) is 1.68. The second kappa shape index (κ2) is 5.77. The summed E-state index contributed by atoms with van der Waals surface area (Å²) >= 11 is 3.36. The van der Waals surface area contributed by atoms with Gasteiger partial charge >= 0.3 is 0 Å². The predicted octanol–water partition coefficient (Wildman–Crippen LogP) is 2.93. The third kappa shape index (κ3) is 3.43. The number of rotatable bonds is 3. The summed E-state index contributed by atoms with van der Waals surface area (Å²) in [5.74, 6) is -0.0386. The molecular weight excluding hydrogens is 272 g/mol. The highest BCUT2D eigenvalue weighted by Crippen LogP contribution is 2.18. The first kappa shape index (κ1) is 12.9. The van der Waals surface area contributed by atoms with Gasteiger partial charge in [0.2, 0.25) is 5.90 Å². The van der Waals surface area contributed by atoms with Crippen LogP contribution in [0.5, 0.6) is 0 Å². The zero-order valence-electron chi connectivity index (χ0n) is 9.13. The molecule has 0 aromatic heterocycles. The first-order valence-electron chi connectivity index (χ1n) is 4.64. The molecule has 0 heterocycles. The van der Waals surface area contributed by atoms with Crippen LogP contribution >= 0.6 is 15.9 Å². The van der Waals surface area contributed by atoms with Crippen molar-refractivity contribution in [1.82, 2.24) is 0 Å². The van der Waals surface area contributed by atoms with Gasteiger partial charge in [-0.3, -0.25) is 10.8 Å². The SMILES string of the molecule is COCc1cc(Br)ccc1C(=N)OC(C)=N. The largest absolute Gasteiger partial charge is 0.426 e. The lowest BCUT2D eigenvalue weighted by atomic mass is 10.1. The Morgan fingerprint density at radius 2 is 2.06 bits per heavy atom. The van der Waals surface area contributed by atoms with Crippen molar-refractivity contribution < 1.29 is 9.47 Å². The van der Waals surface area contributed by atoms with E-state index in [4.69, 9.17) is 20.3 Å². The van der Waals surface area contributed by atoms with Crippen molar-refractivity contribution in [2.45, 2.75) is 13.5 Å². The highest BCUT2D eigenvalue weighted by molar-refractivity contribution is 9.10. The van der Waals surface area contributed by atoms with Crippen LogP contribution in [0.4, 0.5) is 0 Å². The van der Waals surface area contributed by atoms with Crippen LogP contribution in [0.2, 0.25) is 0 Å². The molecule has 4 nitrogen and oxygen atoms in total. The van der Waals surface area contributed by atoms with Gasteiger partial charge in [0, 0.05) is 24.1 Å². The van der Waals surface area contributed by atoms with E-state index in [9.17, 15) is 0 Å². The van der Waals surface area contributed by atoms with Crippen LogP contribution in [-0.2, 0) is 16.1 Å². The number of methoxy groups -OCH3 is 1. The average molecular weight is 285 g/mol. The quantitative estimate of drug-likeness (QED) is 0.662. The van der Waals surface area contributed by atoms with E-state index < -0.39 is 0 Å². The highest BCUT2D eigenvalue weighted by Gasteiger charge is 2.10. The van der Waals surface area contributed by atoms with E-state index in [0.717, 1.165) is 10.0 Å². The first-order chi connectivity index (χ1) is 7.54. The fraction of sp³-hybridized carbons (Fsp3) is 0.273. The molecule has 0 radical (unpaired) electrons. The molecule has 0 bridgehead atoms. The number of ether oxygens (including phenoxy) is 2. The lowest BCUT2D eigenvalue weighted by molar-refractivity contribution is 0.184. The van der Waals surface area contributed by atoms with E-state index in [-0.39, 0.29) is 11.8 Å². The lowest BCUT2D eigenvalue weighted by Gasteiger charge is -2.10. The van der Waals surface area contributed by atoms with Gasteiger partial charge in [-0.05, 0) is 23.8 Å². The van der Waals surface area contributed by atoms with Gasteiger partial charge in [0.25, 0.3) is 0 Å². The van der Waals surface area contributed by atoms with E-state index in [1.807, 2.05) is 12.1 Å². The first-order valence-corrected chi connectivity index (χ1v) is 5.43. The van der Waals surface area contributed by atoms with Gasteiger partial charge in [-0.2, -0.15) is 0 Å². The highest BCUT2D eigenvalue weighted by atomic mass is 79.9. The maximum absolute atomic E-state index is 7.72. The van der Waals surface area contributed by atoms with Gasteiger partial charge in [-0.1, -0.05) is 15.9 Å². The Balaban J connectivity index is 3.02. The summed E-state index contributed by atoms with van der Waals surface area (Å²) in [4.78, 5) is 0. The zero-order chi connectivity index (χ0) is 12.1. The minimum atomic E-state index is -0.0351. The molecule has 0 aliphatic heterocycles. The minimum Gasteiger partial charge on any atom is -0.426 e. The lowest BCUT2D eigenvalue weighted by Crippen LogP contribution is -2.11. The topological polar surface area (TPSA) is 66.2 Å². The monoisotopic (exact) mass is 284 g/mol. The smallest absolute Gasteiger partial charge is 0.221 e. The zero-order valence-corrected chi connectivity index (χ0v) is 10.7. The minimum absolute atomic E-state index is 0.00344. The Bertz CT molecular complexity index is 418. The molecule has 2 N–H and O–H groups in total. The predicted molar refractivity (Wildman–Crippen MR) is 66.2 cm³/mol. The van der Waals surface area contributed by atoms with Crippen molar-refractivity contribution >= 4 is 27.7 Å². The van der Waals surface area contributed by atoms with E-state index >= 15 is 0 Å². The van der Waals surface area contributed by atoms with Crippen LogP contribution < -0.4 is 0 Å². The molecule has 0 spiro atoms. The van der Waals surface area contributed by atoms with Gasteiger partial charge in [0.05, 0.1) is 6.61 Å². The molecule has 1 aromatic carbocycles. The van der Waals surface area contributed by atoms with Crippen molar-refractivity contribution in [3.63, 3.8) is 0 Å². The van der Waals surface area contributed by atoms with Gasteiger partial charge in [-0.25, -0.2) is 0 Å². The number of benzene rings is 1. The van der Waals surface area contributed by atoms with Crippen molar-refractivity contribution in [2.24, 2.45) is 0 Å². The molecular formula is C11H13BrN2O2. The van der Waals surface area contributed by atoms with Gasteiger partial charge in [-0.15, -0.1) is 0 Å². The Kier molecular flexibility index (Phi) is 4.64. The van der Waals surface area contributed by atoms with E-state index in [0.29, 0.717) is 12.2 Å². The van der Waals surface area contributed by atoms with Crippen LogP contribution in [0.15, 0.2) is 22.7 Å². The molecule has 86 valence electrons. The van der Waals surface area contributed by atoms with Crippen LogP contribution in [0.3, 0.4) is 0 Å².